The highest BCUT2D eigenvalue weighted by Gasteiger charge is 2.56. The molecule has 0 saturated carbocycles. The van der Waals surface area contributed by atoms with Crippen LogP contribution in [0, 0.1) is 0 Å². The summed E-state index contributed by atoms with van der Waals surface area (Å²) in [5.41, 5.74) is 24.6. The Morgan fingerprint density at radius 2 is 0.750 bits per heavy atom. The molecule has 0 spiro atoms. The first-order chi connectivity index (χ1) is 23.9. The van der Waals surface area contributed by atoms with E-state index in [1.54, 1.807) is 0 Å². The molecule has 6 aliphatic heterocycles. The van der Waals surface area contributed by atoms with Crippen LogP contribution in [-0.4, -0.2) is 13.4 Å². The normalized spacial score (nSPS) is 16.8. The van der Waals surface area contributed by atoms with Gasteiger partial charge in [-0.1, -0.05) is 115 Å². The Hall–Kier alpha value is -5.93. The van der Waals surface area contributed by atoms with E-state index >= 15 is 0 Å². The van der Waals surface area contributed by atoms with Gasteiger partial charge >= 0.3 is 0 Å². The summed E-state index contributed by atoms with van der Waals surface area (Å²) in [6.07, 6.45) is 0. The molecule has 6 aliphatic rings. The maximum Gasteiger partial charge on any atom is 0.252 e. The predicted molar refractivity (Wildman–Crippen MR) is 201 cm³/mol. The second-order valence-electron chi connectivity index (χ2n) is 13.9. The Bertz CT molecular complexity index is 2020. The molecule has 0 aliphatic carbocycles. The molecule has 0 amide bonds. The van der Waals surface area contributed by atoms with Crippen molar-refractivity contribution in [3.8, 4) is 0 Å². The van der Waals surface area contributed by atoms with Gasteiger partial charge in [-0.25, -0.2) is 0 Å². The maximum absolute atomic E-state index is 2.64. The van der Waals surface area contributed by atoms with Crippen LogP contribution in [0.4, 0.5) is 51.2 Å². The average molecular weight is 605 g/mol. The molecule has 5 heteroatoms. The zero-order valence-corrected chi connectivity index (χ0v) is 25.9. The number of benzene rings is 7. The van der Waals surface area contributed by atoms with E-state index in [1.807, 2.05) is 0 Å². The number of fused-ring (bicyclic) bond motifs is 18. The van der Waals surface area contributed by atoms with E-state index in [9.17, 15) is 0 Å². The zero-order chi connectivity index (χ0) is 30.8. The van der Waals surface area contributed by atoms with Gasteiger partial charge in [0.25, 0.3) is 6.71 Å². The van der Waals surface area contributed by atoms with E-state index < -0.39 is 0 Å². The van der Waals surface area contributed by atoms with Crippen molar-refractivity contribution in [2.75, 3.05) is 14.7 Å². The highest BCUT2D eigenvalue weighted by molar-refractivity contribution is 7.04. The van der Waals surface area contributed by atoms with Crippen molar-refractivity contribution in [1.29, 1.82) is 0 Å². The van der Waals surface area contributed by atoms with E-state index in [2.05, 4.69) is 160 Å². The van der Waals surface area contributed by atoms with E-state index in [4.69, 9.17) is 0 Å². The summed E-state index contributed by atoms with van der Waals surface area (Å²) in [6.45, 7) is 0.277. The van der Waals surface area contributed by atoms with Crippen molar-refractivity contribution < 1.29 is 0 Å². The molecule has 1 unspecified atom stereocenters. The second kappa shape index (κ2) is 8.13. The number of anilines is 9. The fraction of sp³-hybridized carbons (Fsp3) is 0.0233. The lowest BCUT2D eigenvalue weighted by Gasteiger charge is -2.56. The van der Waals surface area contributed by atoms with E-state index in [-0.39, 0.29) is 19.3 Å². The highest BCUT2D eigenvalue weighted by atomic mass is 15.3. The number of hydrogen-bond donors (Lipinski definition) is 0. The van der Waals surface area contributed by atoms with Gasteiger partial charge in [-0.2, -0.15) is 0 Å². The standard InChI is InChI=1S/C43H25B2N3/c1-3-15-27-25(13-1)37-26-14-2-7-19-31(26)46-35-23-11-12-24-36(35)48-34-22-10-6-18-30(34)45-29-17-5-9-21-33(29)47-32-20-8-4-16-28(32)44(27)39-38(37)41(46)43(48)40(45)42(39)47/h1-24,37H. The summed E-state index contributed by atoms with van der Waals surface area (Å²) in [5, 5.41) is 0. The maximum atomic E-state index is 2.64. The van der Waals surface area contributed by atoms with Gasteiger partial charge in [-0.15, -0.1) is 0 Å². The van der Waals surface area contributed by atoms with Crippen LogP contribution in [0.15, 0.2) is 146 Å². The monoisotopic (exact) mass is 605 g/mol. The minimum Gasteiger partial charge on any atom is -0.312 e. The number of hydrogen-bond acceptors (Lipinski definition) is 3. The number of para-hydroxylation sites is 6. The lowest BCUT2D eigenvalue weighted by molar-refractivity contribution is 0.938. The van der Waals surface area contributed by atoms with Crippen LogP contribution in [0.1, 0.15) is 22.6 Å². The van der Waals surface area contributed by atoms with Gasteiger partial charge in [0.05, 0.1) is 28.4 Å². The van der Waals surface area contributed by atoms with Crippen LogP contribution in [0.25, 0.3) is 0 Å². The van der Waals surface area contributed by atoms with Crippen molar-refractivity contribution in [3.63, 3.8) is 0 Å². The Kier molecular flexibility index (Phi) is 4.11. The Balaban J connectivity index is 1.31. The third-order valence-corrected chi connectivity index (χ3v) is 12.0. The van der Waals surface area contributed by atoms with Gasteiger partial charge in [0, 0.05) is 28.7 Å². The van der Waals surface area contributed by atoms with E-state index in [1.165, 1.54) is 101 Å². The minimum absolute atomic E-state index is 0.127. The van der Waals surface area contributed by atoms with Gasteiger partial charge < -0.3 is 14.7 Å². The van der Waals surface area contributed by atoms with Crippen LogP contribution < -0.4 is 47.5 Å². The van der Waals surface area contributed by atoms with Crippen molar-refractivity contribution >= 4 is 97.4 Å². The average Bonchev–Trinajstić information content (AvgIpc) is 3.16. The Labute approximate surface area is 279 Å². The summed E-state index contributed by atoms with van der Waals surface area (Å²) in [6, 6.07) is 55.1. The molecule has 13 rings (SSSR count). The molecule has 0 radical (unpaired) electrons. The van der Waals surface area contributed by atoms with Crippen molar-refractivity contribution in [2.24, 2.45) is 0 Å². The SMILES string of the molecule is c1ccc2c(c1)B1c3ccccc3N3c4ccccc4B4c5ccccc5N5c6ccccc6N6c7ccccc7C2c2c1c3c4c5c26. The van der Waals surface area contributed by atoms with E-state index in [0.717, 1.165) is 0 Å². The predicted octanol–water partition coefficient (Wildman–Crippen LogP) is 6.19. The quantitative estimate of drug-likeness (QED) is 0.191. The lowest BCUT2D eigenvalue weighted by atomic mass is 9.27. The summed E-state index contributed by atoms with van der Waals surface area (Å²) in [7, 11) is 0. The van der Waals surface area contributed by atoms with Crippen LogP contribution in [0.2, 0.25) is 0 Å². The summed E-state index contributed by atoms with van der Waals surface area (Å²) in [5.74, 6) is 0.142. The van der Waals surface area contributed by atoms with Gasteiger partial charge in [0.2, 0.25) is 6.71 Å². The van der Waals surface area contributed by atoms with Crippen LogP contribution in [-0.2, 0) is 0 Å². The minimum atomic E-state index is 0.127. The molecule has 1 atom stereocenters. The molecule has 218 valence electrons. The molecule has 7 aromatic carbocycles. The summed E-state index contributed by atoms with van der Waals surface area (Å²) >= 11 is 0. The molecule has 0 N–H and O–H groups in total. The molecule has 0 aromatic heterocycles. The molecule has 0 bridgehead atoms. The summed E-state index contributed by atoms with van der Waals surface area (Å²) in [4.78, 5) is 7.88. The Morgan fingerprint density at radius 3 is 1.35 bits per heavy atom. The molecule has 7 aromatic rings. The molecule has 0 fully saturated rings. The van der Waals surface area contributed by atoms with E-state index in [0.29, 0.717) is 0 Å². The van der Waals surface area contributed by atoms with Crippen LogP contribution in [0.5, 0.6) is 0 Å². The van der Waals surface area contributed by atoms with Crippen molar-refractivity contribution in [1.82, 2.24) is 0 Å². The molecular weight excluding hydrogens is 580 g/mol. The second-order valence-corrected chi connectivity index (χ2v) is 13.9. The fourth-order valence-electron chi connectivity index (χ4n) is 10.5. The lowest BCUT2D eigenvalue weighted by Crippen LogP contribution is -2.69. The number of nitrogens with zero attached hydrogens (tertiary/aromatic N) is 3. The third-order valence-electron chi connectivity index (χ3n) is 12.0. The molecule has 48 heavy (non-hydrogen) atoms. The molecule has 3 nitrogen and oxygen atoms in total. The first-order valence-electron chi connectivity index (χ1n) is 17.1. The van der Waals surface area contributed by atoms with Crippen molar-refractivity contribution in [3.05, 3.63) is 162 Å². The topological polar surface area (TPSA) is 9.72 Å². The summed E-state index contributed by atoms with van der Waals surface area (Å²) < 4.78 is 0. The van der Waals surface area contributed by atoms with Gasteiger partial charge in [-0.3, -0.25) is 0 Å². The third kappa shape index (κ3) is 2.51. The largest absolute Gasteiger partial charge is 0.312 e. The van der Waals surface area contributed by atoms with Gasteiger partial charge in [-0.05, 0) is 80.4 Å². The number of rotatable bonds is 0. The van der Waals surface area contributed by atoms with Crippen LogP contribution >= 0.6 is 0 Å². The Morgan fingerprint density at radius 1 is 0.333 bits per heavy atom. The van der Waals surface area contributed by atoms with Crippen LogP contribution in [0.3, 0.4) is 0 Å². The molecule has 6 heterocycles. The van der Waals surface area contributed by atoms with Crippen molar-refractivity contribution in [2.45, 2.75) is 5.92 Å². The first kappa shape index (κ1) is 24.3. The van der Waals surface area contributed by atoms with Gasteiger partial charge in [0.15, 0.2) is 0 Å². The highest BCUT2D eigenvalue weighted by Crippen LogP contribution is 2.63. The smallest absolute Gasteiger partial charge is 0.252 e. The fourth-order valence-corrected chi connectivity index (χ4v) is 10.5. The molecule has 0 saturated heterocycles. The zero-order valence-electron chi connectivity index (χ0n) is 25.9. The first-order valence-corrected chi connectivity index (χ1v) is 17.1. The molecular formula is C43H25B2N3. The van der Waals surface area contributed by atoms with Gasteiger partial charge in [0.1, 0.15) is 0 Å².